The molecule has 29 heavy (non-hydrogen) atoms. The number of amides is 3. The van der Waals surface area contributed by atoms with Crippen LogP contribution in [0.5, 0.6) is 0 Å². The summed E-state index contributed by atoms with van der Waals surface area (Å²) in [5, 5.41) is 8.98. The highest BCUT2D eigenvalue weighted by molar-refractivity contribution is 5.95. The van der Waals surface area contributed by atoms with E-state index in [1.807, 2.05) is 0 Å². The molecule has 1 aliphatic heterocycles. The first-order chi connectivity index (χ1) is 14.1. The number of benzene rings is 1. The second kappa shape index (κ2) is 11.2. The van der Waals surface area contributed by atoms with Gasteiger partial charge in [0, 0.05) is 23.8 Å². The van der Waals surface area contributed by atoms with Crippen LogP contribution in [0.3, 0.4) is 0 Å². The van der Waals surface area contributed by atoms with Gasteiger partial charge in [0.2, 0.25) is 0 Å². The van der Waals surface area contributed by atoms with Crippen molar-refractivity contribution in [3.8, 4) is 0 Å². The van der Waals surface area contributed by atoms with Gasteiger partial charge in [-0.25, -0.2) is 4.79 Å². The number of rotatable bonds is 7. The van der Waals surface area contributed by atoms with E-state index in [2.05, 4.69) is 27.8 Å². The average molecular weight is 401 g/mol. The Kier molecular flexibility index (Phi) is 8.35. The van der Waals surface area contributed by atoms with Crippen molar-refractivity contribution in [3.05, 3.63) is 29.8 Å². The minimum atomic E-state index is -0.180. The molecule has 6 heteroatoms. The molecule has 3 N–H and O–H groups in total. The van der Waals surface area contributed by atoms with E-state index in [1.165, 1.54) is 32.2 Å². The monoisotopic (exact) mass is 400 g/mol. The lowest BCUT2D eigenvalue weighted by Gasteiger charge is -2.31. The van der Waals surface area contributed by atoms with Gasteiger partial charge in [-0.1, -0.05) is 26.2 Å². The zero-order valence-corrected chi connectivity index (χ0v) is 17.7. The number of hydrogen-bond acceptors (Lipinski definition) is 3. The van der Waals surface area contributed by atoms with Crippen LogP contribution in [0.2, 0.25) is 0 Å². The average Bonchev–Trinajstić information content (AvgIpc) is 2.75. The van der Waals surface area contributed by atoms with E-state index in [1.54, 1.807) is 24.3 Å². The van der Waals surface area contributed by atoms with Crippen LogP contribution in [0.1, 0.15) is 68.6 Å². The van der Waals surface area contributed by atoms with E-state index in [0.29, 0.717) is 29.8 Å². The molecule has 0 atom stereocenters. The number of urea groups is 1. The fourth-order valence-electron chi connectivity index (χ4n) is 4.36. The highest BCUT2D eigenvalue weighted by Crippen LogP contribution is 2.19. The zero-order valence-electron chi connectivity index (χ0n) is 17.7. The maximum atomic E-state index is 12.4. The lowest BCUT2D eigenvalue weighted by molar-refractivity contribution is 0.0927. The molecule has 2 fully saturated rings. The SMILES string of the molecule is CCCN1CCC(CNC(=O)Nc2ccc(C(=O)NC3CCCCC3)cc2)CC1. The fraction of sp³-hybridized carbons (Fsp3) is 0.652. The van der Waals surface area contributed by atoms with Crippen LogP contribution in [-0.4, -0.2) is 49.1 Å². The number of nitrogens with one attached hydrogen (secondary N) is 3. The summed E-state index contributed by atoms with van der Waals surface area (Å²) in [7, 11) is 0. The van der Waals surface area contributed by atoms with Crippen molar-refractivity contribution in [2.45, 2.75) is 64.3 Å². The lowest BCUT2D eigenvalue weighted by atomic mass is 9.95. The Hall–Kier alpha value is -2.08. The number of likely N-dealkylation sites (tertiary alicyclic amines) is 1. The molecule has 2 aliphatic rings. The number of carbonyl (C=O) groups is 2. The van der Waals surface area contributed by atoms with Crippen molar-refractivity contribution in [1.29, 1.82) is 0 Å². The van der Waals surface area contributed by atoms with Gasteiger partial charge in [-0.2, -0.15) is 0 Å². The molecule has 0 radical (unpaired) electrons. The summed E-state index contributed by atoms with van der Waals surface area (Å²) in [4.78, 5) is 27.1. The van der Waals surface area contributed by atoms with Crippen LogP contribution < -0.4 is 16.0 Å². The summed E-state index contributed by atoms with van der Waals surface area (Å²) in [5.41, 5.74) is 1.34. The van der Waals surface area contributed by atoms with Gasteiger partial charge in [0.15, 0.2) is 0 Å². The molecule has 1 aromatic carbocycles. The molecule has 3 rings (SSSR count). The molecular formula is C23H36N4O2. The Morgan fingerprint density at radius 3 is 2.34 bits per heavy atom. The molecule has 0 aromatic heterocycles. The van der Waals surface area contributed by atoms with E-state index < -0.39 is 0 Å². The summed E-state index contributed by atoms with van der Waals surface area (Å²) < 4.78 is 0. The van der Waals surface area contributed by atoms with Crippen molar-refractivity contribution in [2.75, 3.05) is 31.5 Å². The summed E-state index contributed by atoms with van der Waals surface area (Å²) in [6.07, 6.45) is 9.29. The Labute approximate surface area is 174 Å². The Morgan fingerprint density at radius 1 is 1.00 bits per heavy atom. The first-order valence-electron chi connectivity index (χ1n) is 11.3. The number of hydrogen-bond donors (Lipinski definition) is 3. The van der Waals surface area contributed by atoms with E-state index in [-0.39, 0.29) is 11.9 Å². The van der Waals surface area contributed by atoms with Gasteiger partial charge in [0.05, 0.1) is 0 Å². The van der Waals surface area contributed by atoms with Gasteiger partial charge in [0.25, 0.3) is 5.91 Å². The minimum absolute atomic E-state index is 0.0256. The van der Waals surface area contributed by atoms with Crippen molar-refractivity contribution >= 4 is 17.6 Å². The molecule has 1 aromatic rings. The maximum absolute atomic E-state index is 12.4. The highest BCUT2D eigenvalue weighted by atomic mass is 16.2. The Balaban J connectivity index is 1.37. The first-order valence-corrected chi connectivity index (χ1v) is 11.3. The van der Waals surface area contributed by atoms with Crippen LogP contribution in [0.25, 0.3) is 0 Å². The molecule has 0 spiro atoms. The van der Waals surface area contributed by atoms with Crippen molar-refractivity contribution in [3.63, 3.8) is 0 Å². The third-order valence-corrected chi connectivity index (χ3v) is 6.14. The molecular weight excluding hydrogens is 364 g/mol. The predicted molar refractivity (Wildman–Crippen MR) is 117 cm³/mol. The largest absolute Gasteiger partial charge is 0.349 e. The van der Waals surface area contributed by atoms with Gasteiger partial charge in [-0.05, 0) is 81.9 Å². The van der Waals surface area contributed by atoms with Gasteiger partial charge in [0.1, 0.15) is 0 Å². The van der Waals surface area contributed by atoms with Crippen LogP contribution in [0.4, 0.5) is 10.5 Å². The molecule has 0 bridgehead atoms. The summed E-state index contributed by atoms with van der Waals surface area (Å²) in [6, 6.07) is 7.25. The lowest BCUT2D eigenvalue weighted by Crippen LogP contribution is -2.40. The summed E-state index contributed by atoms with van der Waals surface area (Å²) in [6.45, 7) is 6.37. The van der Waals surface area contributed by atoms with E-state index >= 15 is 0 Å². The Bertz CT molecular complexity index is 647. The zero-order chi connectivity index (χ0) is 20.5. The number of piperidine rings is 1. The molecule has 1 heterocycles. The van der Waals surface area contributed by atoms with E-state index in [9.17, 15) is 9.59 Å². The predicted octanol–water partition coefficient (Wildman–Crippen LogP) is 3.99. The quantitative estimate of drug-likeness (QED) is 0.648. The number of anilines is 1. The van der Waals surface area contributed by atoms with Crippen molar-refractivity contribution in [1.82, 2.24) is 15.5 Å². The fourth-order valence-corrected chi connectivity index (χ4v) is 4.36. The first kappa shape index (κ1) is 21.6. The maximum Gasteiger partial charge on any atom is 0.319 e. The second-order valence-electron chi connectivity index (χ2n) is 8.51. The van der Waals surface area contributed by atoms with Crippen LogP contribution in [0.15, 0.2) is 24.3 Å². The summed E-state index contributed by atoms with van der Waals surface area (Å²) in [5.74, 6) is 0.530. The van der Waals surface area contributed by atoms with Crippen LogP contribution in [-0.2, 0) is 0 Å². The van der Waals surface area contributed by atoms with Gasteiger partial charge < -0.3 is 20.9 Å². The smallest absolute Gasteiger partial charge is 0.319 e. The van der Waals surface area contributed by atoms with Gasteiger partial charge >= 0.3 is 6.03 Å². The standard InChI is InChI=1S/C23H36N4O2/c1-2-14-27-15-12-18(13-16-27)17-24-23(29)26-21-10-8-19(9-11-21)22(28)25-20-6-4-3-5-7-20/h8-11,18,20H,2-7,12-17H2,1H3,(H,25,28)(H2,24,26,29). The third-order valence-electron chi connectivity index (χ3n) is 6.14. The second-order valence-corrected chi connectivity index (χ2v) is 8.51. The van der Waals surface area contributed by atoms with Crippen LogP contribution >= 0.6 is 0 Å². The molecule has 160 valence electrons. The van der Waals surface area contributed by atoms with Gasteiger partial charge in [-0.3, -0.25) is 4.79 Å². The molecule has 6 nitrogen and oxygen atoms in total. The van der Waals surface area contributed by atoms with Crippen molar-refractivity contribution in [2.24, 2.45) is 5.92 Å². The molecule has 0 unspecified atom stereocenters. The Morgan fingerprint density at radius 2 is 1.69 bits per heavy atom. The highest BCUT2D eigenvalue weighted by Gasteiger charge is 2.19. The van der Waals surface area contributed by atoms with Crippen LogP contribution in [0, 0.1) is 5.92 Å². The molecule has 1 aliphatic carbocycles. The van der Waals surface area contributed by atoms with E-state index in [4.69, 9.17) is 0 Å². The minimum Gasteiger partial charge on any atom is -0.349 e. The number of nitrogens with zero attached hydrogens (tertiary/aromatic N) is 1. The number of carbonyl (C=O) groups excluding carboxylic acids is 2. The molecule has 1 saturated carbocycles. The van der Waals surface area contributed by atoms with Crippen molar-refractivity contribution < 1.29 is 9.59 Å². The molecule has 1 saturated heterocycles. The normalized spacial score (nSPS) is 18.9. The topological polar surface area (TPSA) is 73.5 Å². The third kappa shape index (κ3) is 7.03. The van der Waals surface area contributed by atoms with E-state index in [0.717, 1.165) is 38.8 Å². The summed E-state index contributed by atoms with van der Waals surface area (Å²) >= 11 is 0. The van der Waals surface area contributed by atoms with Gasteiger partial charge in [-0.15, -0.1) is 0 Å². The molecule has 3 amide bonds.